The molecule has 1 fully saturated rings. The van der Waals surface area contributed by atoms with Gasteiger partial charge in [-0.25, -0.2) is 0 Å². The van der Waals surface area contributed by atoms with Crippen molar-refractivity contribution in [3.63, 3.8) is 0 Å². The van der Waals surface area contributed by atoms with Crippen molar-refractivity contribution in [3.8, 4) is 0 Å². The van der Waals surface area contributed by atoms with Crippen LogP contribution in [-0.2, 0) is 14.4 Å². The number of fused-ring (bicyclic) bond motifs is 2. The molecule has 2 aliphatic carbocycles. The minimum absolute atomic E-state index is 0.00551. The second-order valence-corrected chi connectivity index (χ2v) is 6.23. The van der Waals surface area contributed by atoms with E-state index in [1.54, 1.807) is 6.92 Å². The quantitative estimate of drug-likeness (QED) is 0.645. The lowest BCUT2D eigenvalue weighted by Crippen LogP contribution is -2.50. The maximum atomic E-state index is 12.4. The zero-order chi connectivity index (χ0) is 15.7. The summed E-state index contributed by atoms with van der Waals surface area (Å²) in [5, 5.41) is 14.7. The molecule has 0 aromatic carbocycles. The van der Waals surface area contributed by atoms with Crippen molar-refractivity contribution in [2.24, 2.45) is 23.7 Å². The Bertz CT molecular complexity index is 486. The normalized spacial score (nSPS) is 31.2. The van der Waals surface area contributed by atoms with E-state index in [2.05, 4.69) is 10.6 Å². The minimum Gasteiger partial charge on any atom is -0.481 e. The van der Waals surface area contributed by atoms with Crippen LogP contribution in [0.25, 0.3) is 0 Å². The van der Waals surface area contributed by atoms with E-state index in [4.69, 9.17) is 0 Å². The summed E-state index contributed by atoms with van der Waals surface area (Å²) in [6, 6.07) is -0.675. The van der Waals surface area contributed by atoms with Crippen LogP contribution in [-0.4, -0.2) is 35.0 Å². The van der Waals surface area contributed by atoms with Crippen LogP contribution < -0.4 is 10.6 Å². The summed E-state index contributed by atoms with van der Waals surface area (Å²) in [4.78, 5) is 35.6. The van der Waals surface area contributed by atoms with Crippen molar-refractivity contribution in [1.29, 1.82) is 0 Å². The number of carboxylic acids is 1. The average molecular weight is 294 g/mol. The van der Waals surface area contributed by atoms with Gasteiger partial charge >= 0.3 is 5.97 Å². The minimum atomic E-state index is -0.939. The second-order valence-electron chi connectivity index (χ2n) is 6.23. The van der Waals surface area contributed by atoms with Crippen LogP contribution in [0.1, 0.15) is 27.2 Å². The van der Waals surface area contributed by atoms with Crippen molar-refractivity contribution in [1.82, 2.24) is 10.6 Å². The SMILES string of the molecule is CC(C)NC(=O)C(C)NC(=O)[C@H]1C2C=CC(C2)[C@H]1C(=O)O. The van der Waals surface area contributed by atoms with Crippen LogP contribution in [0.15, 0.2) is 12.2 Å². The summed E-state index contributed by atoms with van der Waals surface area (Å²) < 4.78 is 0. The van der Waals surface area contributed by atoms with E-state index in [0.29, 0.717) is 6.42 Å². The largest absolute Gasteiger partial charge is 0.481 e. The molecular weight excluding hydrogens is 272 g/mol. The molecule has 6 nitrogen and oxygen atoms in total. The summed E-state index contributed by atoms with van der Waals surface area (Å²) in [5.74, 6) is -2.90. The maximum Gasteiger partial charge on any atom is 0.307 e. The molecule has 2 amide bonds. The third-order valence-electron chi connectivity index (χ3n) is 4.23. The van der Waals surface area contributed by atoms with Gasteiger partial charge in [0, 0.05) is 6.04 Å². The number of carbonyl (C=O) groups is 3. The first-order valence-corrected chi connectivity index (χ1v) is 7.33. The molecule has 2 bridgehead atoms. The molecule has 0 spiro atoms. The summed E-state index contributed by atoms with van der Waals surface area (Å²) in [5.41, 5.74) is 0. The van der Waals surface area contributed by atoms with Crippen LogP contribution in [0.5, 0.6) is 0 Å². The van der Waals surface area contributed by atoms with Gasteiger partial charge in [0.15, 0.2) is 0 Å². The van der Waals surface area contributed by atoms with Gasteiger partial charge in [0.05, 0.1) is 11.8 Å². The van der Waals surface area contributed by atoms with E-state index in [9.17, 15) is 19.5 Å². The molecule has 0 aliphatic heterocycles. The molecule has 3 N–H and O–H groups in total. The topological polar surface area (TPSA) is 95.5 Å². The molecule has 116 valence electrons. The van der Waals surface area contributed by atoms with E-state index in [1.807, 2.05) is 26.0 Å². The van der Waals surface area contributed by atoms with Crippen molar-refractivity contribution >= 4 is 17.8 Å². The van der Waals surface area contributed by atoms with Gasteiger partial charge in [0.2, 0.25) is 11.8 Å². The summed E-state index contributed by atoms with van der Waals surface area (Å²) in [7, 11) is 0. The van der Waals surface area contributed by atoms with E-state index in [1.165, 1.54) is 0 Å². The third kappa shape index (κ3) is 3.09. The molecule has 0 aromatic heterocycles. The molecule has 0 heterocycles. The molecule has 2 rings (SSSR count). The van der Waals surface area contributed by atoms with E-state index >= 15 is 0 Å². The fourth-order valence-corrected chi connectivity index (χ4v) is 3.30. The number of nitrogens with one attached hydrogen (secondary N) is 2. The summed E-state index contributed by atoms with van der Waals surface area (Å²) >= 11 is 0. The molecule has 2 aliphatic rings. The number of hydrogen-bond acceptors (Lipinski definition) is 3. The van der Waals surface area contributed by atoms with Gasteiger partial charge in [-0.2, -0.15) is 0 Å². The lowest BCUT2D eigenvalue weighted by atomic mass is 9.82. The van der Waals surface area contributed by atoms with Crippen LogP contribution in [0.2, 0.25) is 0 Å². The lowest BCUT2D eigenvalue weighted by molar-refractivity contribution is -0.148. The molecule has 0 radical (unpaired) electrons. The highest BCUT2D eigenvalue weighted by molar-refractivity contribution is 5.91. The van der Waals surface area contributed by atoms with Gasteiger partial charge in [-0.15, -0.1) is 0 Å². The van der Waals surface area contributed by atoms with Gasteiger partial charge in [-0.3, -0.25) is 14.4 Å². The van der Waals surface area contributed by atoms with Crippen LogP contribution in [0.3, 0.4) is 0 Å². The number of rotatable bonds is 5. The van der Waals surface area contributed by atoms with E-state index in [-0.39, 0.29) is 29.7 Å². The third-order valence-corrected chi connectivity index (χ3v) is 4.23. The number of hydrogen-bond donors (Lipinski definition) is 3. The van der Waals surface area contributed by atoms with Crippen molar-refractivity contribution < 1.29 is 19.5 Å². The molecule has 21 heavy (non-hydrogen) atoms. The molecule has 0 saturated heterocycles. The summed E-state index contributed by atoms with van der Waals surface area (Å²) in [6.45, 7) is 5.29. The Labute approximate surface area is 124 Å². The molecule has 5 atom stereocenters. The van der Waals surface area contributed by atoms with Crippen LogP contribution in [0.4, 0.5) is 0 Å². The molecule has 3 unspecified atom stereocenters. The average Bonchev–Trinajstić information content (AvgIpc) is 2.97. The Kier molecular flexibility index (Phi) is 4.34. The van der Waals surface area contributed by atoms with E-state index in [0.717, 1.165) is 0 Å². The molecule has 1 saturated carbocycles. The number of allylic oxidation sites excluding steroid dienone is 2. The van der Waals surface area contributed by atoms with Gasteiger partial charge in [0.25, 0.3) is 0 Å². The standard InChI is InChI=1S/C15H22N2O4/c1-7(2)16-13(18)8(3)17-14(19)11-9-4-5-10(6-9)12(11)15(20)21/h4-5,7-12H,6H2,1-3H3,(H,16,18)(H,17,19)(H,20,21)/t8?,9?,10?,11-,12+/m0/s1. The van der Waals surface area contributed by atoms with Crippen LogP contribution >= 0.6 is 0 Å². The first-order valence-electron chi connectivity index (χ1n) is 7.33. The molecule has 6 heteroatoms. The zero-order valence-electron chi connectivity index (χ0n) is 12.5. The Balaban J connectivity index is 2.01. The highest BCUT2D eigenvalue weighted by Crippen LogP contribution is 2.48. The first kappa shape index (κ1) is 15.5. The zero-order valence-corrected chi connectivity index (χ0v) is 12.5. The second kappa shape index (κ2) is 5.87. The van der Waals surface area contributed by atoms with E-state index < -0.39 is 23.8 Å². The van der Waals surface area contributed by atoms with Crippen molar-refractivity contribution in [2.45, 2.75) is 39.3 Å². The number of carboxylic acid groups (broad SMARTS) is 1. The Morgan fingerprint density at radius 2 is 1.62 bits per heavy atom. The summed E-state index contributed by atoms with van der Waals surface area (Å²) in [6.07, 6.45) is 4.52. The van der Waals surface area contributed by atoms with Gasteiger partial charge < -0.3 is 15.7 Å². The van der Waals surface area contributed by atoms with Crippen molar-refractivity contribution in [2.75, 3.05) is 0 Å². The Morgan fingerprint density at radius 1 is 1.05 bits per heavy atom. The monoisotopic (exact) mass is 294 g/mol. The number of amides is 2. The van der Waals surface area contributed by atoms with Gasteiger partial charge in [-0.1, -0.05) is 12.2 Å². The number of carbonyl (C=O) groups excluding carboxylic acids is 2. The highest BCUT2D eigenvalue weighted by Gasteiger charge is 2.51. The predicted octanol–water partition coefficient (Wildman–Crippen LogP) is 0.539. The van der Waals surface area contributed by atoms with Crippen molar-refractivity contribution in [3.05, 3.63) is 12.2 Å². The van der Waals surface area contributed by atoms with Gasteiger partial charge in [0.1, 0.15) is 6.04 Å². The number of aliphatic carboxylic acids is 1. The lowest BCUT2D eigenvalue weighted by Gasteiger charge is -2.25. The first-order chi connectivity index (χ1) is 9.81. The Hall–Kier alpha value is -1.85. The predicted molar refractivity (Wildman–Crippen MR) is 76.2 cm³/mol. The van der Waals surface area contributed by atoms with Gasteiger partial charge in [-0.05, 0) is 39.0 Å². The highest BCUT2D eigenvalue weighted by atomic mass is 16.4. The Morgan fingerprint density at radius 3 is 2.14 bits per heavy atom. The smallest absolute Gasteiger partial charge is 0.307 e. The fourth-order valence-electron chi connectivity index (χ4n) is 3.30. The fraction of sp³-hybridized carbons (Fsp3) is 0.667. The molecule has 0 aromatic rings. The maximum absolute atomic E-state index is 12.4. The van der Waals surface area contributed by atoms with Crippen LogP contribution in [0, 0.1) is 23.7 Å². The molecular formula is C15H22N2O4.